The predicted octanol–water partition coefficient (Wildman–Crippen LogP) is 3.91. The van der Waals surface area contributed by atoms with E-state index in [1.807, 2.05) is 42.2 Å². The SMILES string of the molecule is Cc1cc(C(=O)N2CCc3ccccc32)nc(NCc2ccccc2C)n1. The highest BCUT2D eigenvalue weighted by molar-refractivity contribution is 6.06. The lowest BCUT2D eigenvalue weighted by Gasteiger charge is -2.17. The maximum atomic E-state index is 13.1. The van der Waals surface area contributed by atoms with E-state index in [9.17, 15) is 4.79 Å². The molecule has 2 aromatic carbocycles. The Labute approximate surface area is 159 Å². The van der Waals surface area contributed by atoms with Gasteiger partial charge < -0.3 is 10.2 Å². The van der Waals surface area contributed by atoms with Crippen molar-refractivity contribution in [1.29, 1.82) is 0 Å². The maximum Gasteiger partial charge on any atom is 0.277 e. The molecule has 136 valence electrons. The zero-order chi connectivity index (χ0) is 18.8. The molecule has 1 amide bonds. The van der Waals surface area contributed by atoms with Crippen LogP contribution < -0.4 is 10.2 Å². The molecule has 1 N–H and O–H groups in total. The first-order valence-corrected chi connectivity index (χ1v) is 9.15. The molecule has 5 nitrogen and oxygen atoms in total. The largest absolute Gasteiger partial charge is 0.350 e. The molecule has 0 bridgehead atoms. The summed E-state index contributed by atoms with van der Waals surface area (Å²) in [4.78, 5) is 23.8. The number of hydrogen-bond acceptors (Lipinski definition) is 4. The average Bonchev–Trinajstić information content (AvgIpc) is 3.10. The van der Waals surface area contributed by atoms with E-state index in [4.69, 9.17) is 0 Å². The molecule has 3 aromatic rings. The van der Waals surface area contributed by atoms with Crippen LogP contribution in [0.15, 0.2) is 54.6 Å². The van der Waals surface area contributed by atoms with Crippen LogP contribution in [0.5, 0.6) is 0 Å². The van der Waals surface area contributed by atoms with E-state index in [1.165, 1.54) is 16.7 Å². The van der Waals surface area contributed by atoms with Crippen molar-refractivity contribution in [2.24, 2.45) is 0 Å². The van der Waals surface area contributed by atoms with E-state index >= 15 is 0 Å². The van der Waals surface area contributed by atoms with E-state index in [-0.39, 0.29) is 5.91 Å². The first-order chi connectivity index (χ1) is 13.1. The van der Waals surface area contributed by atoms with Gasteiger partial charge in [-0.1, -0.05) is 42.5 Å². The predicted molar refractivity (Wildman–Crippen MR) is 107 cm³/mol. The highest BCUT2D eigenvalue weighted by atomic mass is 16.2. The van der Waals surface area contributed by atoms with Crippen molar-refractivity contribution in [2.45, 2.75) is 26.8 Å². The number of rotatable bonds is 4. The van der Waals surface area contributed by atoms with Crippen molar-refractivity contribution in [3.05, 3.63) is 82.7 Å². The Hall–Kier alpha value is -3.21. The van der Waals surface area contributed by atoms with Crippen LogP contribution in [-0.4, -0.2) is 22.4 Å². The number of carbonyl (C=O) groups excluding carboxylic acids is 1. The van der Waals surface area contributed by atoms with Gasteiger partial charge in [-0.15, -0.1) is 0 Å². The second-order valence-corrected chi connectivity index (χ2v) is 6.83. The van der Waals surface area contributed by atoms with Gasteiger partial charge in [0, 0.05) is 24.5 Å². The van der Waals surface area contributed by atoms with Crippen molar-refractivity contribution < 1.29 is 4.79 Å². The second kappa shape index (κ2) is 7.19. The van der Waals surface area contributed by atoms with Crippen LogP contribution in [0.1, 0.15) is 32.9 Å². The van der Waals surface area contributed by atoms with Crippen molar-refractivity contribution >= 4 is 17.5 Å². The van der Waals surface area contributed by atoms with Crippen LogP contribution in [0.3, 0.4) is 0 Å². The summed E-state index contributed by atoms with van der Waals surface area (Å²) in [7, 11) is 0. The summed E-state index contributed by atoms with van der Waals surface area (Å²) in [6.07, 6.45) is 0.879. The van der Waals surface area contributed by atoms with Gasteiger partial charge in [-0.25, -0.2) is 9.97 Å². The standard InChI is InChI=1S/C22H22N4O/c1-15-7-3-4-9-18(15)14-23-22-24-16(2)13-19(25-22)21(27)26-12-11-17-8-5-6-10-20(17)26/h3-10,13H,11-12,14H2,1-2H3,(H,23,24,25). The number of amides is 1. The molecule has 0 aliphatic carbocycles. The van der Waals surface area contributed by atoms with Crippen molar-refractivity contribution in [2.75, 3.05) is 16.8 Å². The number of benzene rings is 2. The second-order valence-electron chi connectivity index (χ2n) is 6.83. The fourth-order valence-electron chi connectivity index (χ4n) is 3.43. The van der Waals surface area contributed by atoms with Gasteiger partial charge in [-0.05, 0) is 49.1 Å². The smallest absolute Gasteiger partial charge is 0.277 e. The fourth-order valence-corrected chi connectivity index (χ4v) is 3.43. The number of aryl methyl sites for hydroxylation is 2. The summed E-state index contributed by atoms with van der Waals surface area (Å²) in [6.45, 7) is 5.27. The third-order valence-corrected chi connectivity index (χ3v) is 4.90. The van der Waals surface area contributed by atoms with E-state index in [0.717, 1.165) is 17.8 Å². The molecule has 2 heterocycles. The van der Waals surface area contributed by atoms with Crippen molar-refractivity contribution in [3.63, 3.8) is 0 Å². The molecule has 5 heteroatoms. The minimum Gasteiger partial charge on any atom is -0.350 e. The zero-order valence-electron chi connectivity index (χ0n) is 15.6. The molecule has 0 fully saturated rings. The van der Waals surface area contributed by atoms with Gasteiger partial charge in [0.15, 0.2) is 0 Å². The van der Waals surface area contributed by atoms with Gasteiger partial charge in [0.2, 0.25) is 5.95 Å². The molecule has 0 radical (unpaired) electrons. The monoisotopic (exact) mass is 358 g/mol. The minimum absolute atomic E-state index is 0.0793. The third kappa shape index (κ3) is 3.53. The highest BCUT2D eigenvalue weighted by Crippen LogP contribution is 2.28. The molecular weight excluding hydrogens is 336 g/mol. The van der Waals surface area contributed by atoms with Crippen LogP contribution >= 0.6 is 0 Å². The quantitative estimate of drug-likeness (QED) is 0.768. The molecule has 1 aliphatic heterocycles. The minimum atomic E-state index is -0.0793. The van der Waals surface area contributed by atoms with Crippen LogP contribution in [0, 0.1) is 13.8 Å². The number of anilines is 2. The Morgan fingerprint density at radius 1 is 1.07 bits per heavy atom. The molecule has 0 unspecified atom stereocenters. The number of hydrogen-bond donors (Lipinski definition) is 1. The van der Waals surface area contributed by atoms with Gasteiger partial charge in [0.1, 0.15) is 5.69 Å². The lowest BCUT2D eigenvalue weighted by molar-refractivity contribution is 0.0984. The van der Waals surface area contributed by atoms with Crippen LogP contribution in [0.4, 0.5) is 11.6 Å². The lowest BCUT2D eigenvalue weighted by Crippen LogP contribution is -2.30. The zero-order valence-corrected chi connectivity index (χ0v) is 15.6. The lowest BCUT2D eigenvalue weighted by atomic mass is 10.1. The van der Waals surface area contributed by atoms with Gasteiger partial charge in [-0.2, -0.15) is 0 Å². The van der Waals surface area contributed by atoms with Gasteiger partial charge >= 0.3 is 0 Å². The van der Waals surface area contributed by atoms with Crippen molar-refractivity contribution in [1.82, 2.24) is 9.97 Å². The topological polar surface area (TPSA) is 58.1 Å². The summed E-state index contributed by atoms with van der Waals surface area (Å²) in [5.41, 5.74) is 5.77. The Morgan fingerprint density at radius 3 is 2.70 bits per heavy atom. The summed E-state index contributed by atoms with van der Waals surface area (Å²) in [5, 5.41) is 3.25. The molecule has 0 saturated heterocycles. The van der Waals surface area contributed by atoms with Crippen LogP contribution in [0.25, 0.3) is 0 Å². The Morgan fingerprint density at radius 2 is 1.85 bits per heavy atom. The number of carbonyl (C=O) groups is 1. The van der Waals surface area contributed by atoms with Gasteiger partial charge in [0.25, 0.3) is 5.91 Å². The molecule has 1 aliphatic rings. The van der Waals surface area contributed by atoms with Gasteiger partial charge in [0.05, 0.1) is 0 Å². The Bertz CT molecular complexity index is 999. The van der Waals surface area contributed by atoms with E-state index in [0.29, 0.717) is 24.7 Å². The summed E-state index contributed by atoms with van der Waals surface area (Å²) < 4.78 is 0. The van der Waals surface area contributed by atoms with E-state index in [2.05, 4.69) is 40.4 Å². The molecule has 0 atom stereocenters. The number of para-hydroxylation sites is 1. The summed E-state index contributed by atoms with van der Waals surface area (Å²) in [5.74, 6) is 0.401. The van der Waals surface area contributed by atoms with E-state index < -0.39 is 0 Å². The van der Waals surface area contributed by atoms with Crippen LogP contribution in [-0.2, 0) is 13.0 Å². The fraction of sp³-hybridized carbons (Fsp3) is 0.227. The molecule has 0 saturated carbocycles. The normalized spacial score (nSPS) is 12.7. The Kier molecular flexibility index (Phi) is 4.59. The maximum absolute atomic E-state index is 13.1. The number of fused-ring (bicyclic) bond motifs is 1. The Balaban J connectivity index is 1.56. The number of nitrogens with zero attached hydrogens (tertiary/aromatic N) is 3. The van der Waals surface area contributed by atoms with Crippen LogP contribution in [0.2, 0.25) is 0 Å². The summed E-state index contributed by atoms with van der Waals surface area (Å²) in [6, 6.07) is 18.0. The van der Waals surface area contributed by atoms with Gasteiger partial charge in [-0.3, -0.25) is 4.79 Å². The molecular formula is C22H22N4O. The summed E-state index contributed by atoms with van der Waals surface area (Å²) >= 11 is 0. The molecule has 4 rings (SSSR count). The molecule has 27 heavy (non-hydrogen) atoms. The molecule has 0 spiro atoms. The molecule has 1 aromatic heterocycles. The third-order valence-electron chi connectivity index (χ3n) is 4.90. The van der Waals surface area contributed by atoms with Crippen molar-refractivity contribution in [3.8, 4) is 0 Å². The number of nitrogens with one attached hydrogen (secondary N) is 1. The van der Waals surface area contributed by atoms with E-state index in [1.54, 1.807) is 6.07 Å². The average molecular weight is 358 g/mol. The number of aromatic nitrogens is 2. The highest BCUT2D eigenvalue weighted by Gasteiger charge is 2.26. The first kappa shape index (κ1) is 17.2. The first-order valence-electron chi connectivity index (χ1n) is 9.15.